The van der Waals surface area contributed by atoms with Gasteiger partial charge in [0.1, 0.15) is 6.07 Å². The lowest BCUT2D eigenvalue weighted by molar-refractivity contribution is 0.0995. The van der Waals surface area contributed by atoms with Crippen molar-refractivity contribution in [3.05, 3.63) is 47.7 Å². The molecular weight excluding hydrogens is 242 g/mol. The lowest BCUT2D eigenvalue weighted by Crippen LogP contribution is -2.14. The van der Waals surface area contributed by atoms with Crippen LogP contribution in [-0.4, -0.2) is 10.9 Å². The molecule has 0 radical (unpaired) electrons. The van der Waals surface area contributed by atoms with Crippen molar-refractivity contribution in [2.24, 2.45) is 0 Å². The highest BCUT2D eigenvalue weighted by Gasteiger charge is 2.20. The molecule has 1 heterocycles. The van der Waals surface area contributed by atoms with Crippen LogP contribution in [0.2, 0.25) is 0 Å². The van der Waals surface area contributed by atoms with Crippen molar-refractivity contribution < 1.29 is 9.21 Å². The predicted molar refractivity (Wildman–Crippen MR) is 69.7 cm³/mol. The minimum Gasteiger partial charge on any atom is -0.438 e. The first-order chi connectivity index (χ1) is 9.13. The molecule has 1 amide bonds. The normalized spacial score (nSPS) is 10.2. The van der Waals surface area contributed by atoms with Crippen LogP contribution in [0.5, 0.6) is 0 Å². The molecule has 96 valence electrons. The van der Waals surface area contributed by atoms with Gasteiger partial charge in [0.2, 0.25) is 5.76 Å². The molecule has 5 heteroatoms. The van der Waals surface area contributed by atoms with Crippen molar-refractivity contribution in [3.63, 3.8) is 0 Å². The number of rotatable bonds is 3. The second kappa shape index (κ2) is 5.36. The highest BCUT2D eigenvalue weighted by molar-refractivity contribution is 6.03. The summed E-state index contributed by atoms with van der Waals surface area (Å²) in [6.07, 6.45) is 1.25. The Hall–Kier alpha value is -2.61. The molecule has 1 aromatic heterocycles. The Bertz CT molecular complexity index is 638. The molecule has 1 aromatic carbocycles. The fourth-order valence-corrected chi connectivity index (χ4v) is 1.70. The van der Waals surface area contributed by atoms with E-state index >= 15 is 0 Å². The summed E-state index contributed by atoms with van der Waals surface area (Å²) in [6, 6.07) is 8.82. The van der Waals surface area contributed by atoms with Crippen LogP contribution < -0.4 is 5.32 Å². The molecule has 19 heavy (non-hydrogen) atoms. The summed E-state index contributed by atoms with van der Waals surface area (Å²) in [4.78, 5) is 16.1. The molecule has 0 saturated carbocycles. The summed E-state index contributed by atoms with van der Waals surface area (Å²) in [5.74, 6) is -0.127. The minimum absolute atomic E-state index is 0.0886. The van der Waals surface area contributed by atoms with E-state index in [1.807, 2.05) is 19.9 Å². The number of carbonyl (C=O) groups is 1. The van der Waals surface area contributed by atoms with Crippen molar-refractivity contribution in [2.45, 2.75) is 19.8 Å². The van der Waals surface area contributed by atoms with Gasteiger partial charge in [0.05, 0.1) is 16.9 Å². The van der Waals surface area contributed by atoms with Crippen molar-refractivity contribution in [3.8, 4) is 6.07 Å². The molecule has 5 nitrogen and oxygen atoms in total. The molecule has 2 aromatic rings. The van der Waals surface area contributed by atoms with Crippen LogP contribution in [0.25, 0.3) is 0 Å². The predicted octanol–water partition coefficient (Wildman–Crippen LogP) is 2.92. The molecule has 0 saturated heterocycles. The molecule has 0 aliphatic carbocycles. The third-order valence-electron chi connectivity index (χ3n) is 2.64. The SMILES string of the molecule is CC(C)c1ncoc1C(=O)Nc1ccccc1C#N. The largest absolute Gasteiger partial charge is 0.438 e. The maximum absolute atomic E-state index is 12.1. The number of para-hydroxylation sites is 1. The van der Waals surface area contributed by atoms with Crippen molar-refractivity contribution in [1.29, 1.82) is 5.26 Å². The Labute approximate surface area is 110 Å². The summed E-state index contributed by atoms with van der Waals surface area (Å²) < 4.78 is 5.13. The molecule has 2 rings (SSSR count). The zero-order valence-corrected chi connectivity index (χ0v) is 10.7. The van der Waals surface area contributed by atoms with Crippen LogP contribution in [0.4, 0.5) is 5.69 Å². The van der Waals surface area contributed by atoms with Crippen molar-refractivity contribution >= 4 is 11.6 Å². The monoisotopic (exact) mass is 255 g/mol. The highest BCUT2D eigenvalue weighted by atomic mass is 16.3. The van der Waals surface area contributed by atoms with Gasteiger partial charge in [0, 0.05) is 0 Å². The molecule has 0 bridgehead atoms. The number of oxazole rings is 1. The quantitative estimate of drug-likeness (QED) is 0.914. The van der Waals surface area contributed by atoms with E-state index in [1.165, 1.54) is 6.39 Å². The molecule has 0 fully saturated rings. The minimum atomic E-state index is -0.399. The zero-order chi connectivity index (χ0) is 13.8. The van der Waals surface area contributed by atoms with E-state index < -0.39 is 5.91 Å². The summed E-state index contributed by atoms with van der Waals surface area (Å²) in [6.45, 7) is 3.86. The van der Waals surface area contributed by atoms with Crippen LogP contribution >= 0.6 is 0 Å². The molecule has 0 unspecified atom stereocenters. The third kappa shape index (κ3) is 2.63. The van der Waals surface area contributed by atoms with Gasteiger partial charge in [-0.25, -0.2) is 4.98 Å². The van der Waals surface area contributed by atoms with Gasteiger partial charge >= 0.3 is 0 Å². The Kier molecular flexibility index (Phi) is 3.62. The summed E-state index contributed by atoms with van der Waals surface area (Å²) >= 11 is 0. The van der Waals surface area contributed by atoms with Gasteiger partial charge in [-0.3, -0.25) is 4.79 Å². The fraction of sp³-hybridized carbons (Fsp3) is 0.214. The number of nitrogens with one attached hydrogen (secondary N) is 1. The smallest absolute Gasteiger partial charge is 0.293 e. The van der Waals surface area contributed by atoms with Crippen molar-refractivity contribution in [1.82, 2.24) is 4.98 Å². The molecule has 0 spiro atoms. The first kappa shape index (κ1) is 12.8. The molecule has 0 aliphatic heterocycles. The van der Waals surface area contributed by atoms with Gasteiger partial charge in [-0.15, -0.1) is 0 Å². The molecule has 0 atom stereocenters. The lowest BCUT2D eigenvalue weighted by atomic mass is 10.1. The van der Waals surface area contributed by atoms with Crippen molar-refractivity contribution in [2.75, 3.05) is 5.32 Å². The number of benzene rings is 1. The van der Waals surface area contributed by atoms with Crippen LogP contribution in [0, 0.1) is 11.3 Å². The van der Waals surface area contributed by atoms with E-state index in [4.69, 9.17) is 9.68 Å². The van der Waals surface area contributed by atoms with Crippen LogP contribution in [0.15, 0.2) is 35.1 Å². The van der Waals surface area contributed by atoms with E-state index in [2.05, 4.69) is 10.3 Å². The van der Waals surface area contributed by atoms with Gasteiger partial charge in [-0.1, -0.05) is 26.0 Å². The maximum atomic E-state index is 12.1. The lowest BCUT2D eigenvalue weighted by Gasteiger charge is -2.07. The molecular formula is C14H13N3O2. The number of anilines is 1. The van der Waals surface area contributed by atoms with E-state index in [1.54, 1.807) is 24.3 Å². The number of hydrogen-bond donors (Lipinski definition) is 1. The number of amides is 1. The second-order valence-corrected chi connectivity index (χ2v) is 4.33. The van der Waals surface area contributed by atoms with Crippen LogP contribution in [-0.2, 0) is 0 Å². The zero-order valence-electron chi connectivity index (χ0n) is 10.7. The van der Waals surface area contributed by atoms with E-state index in [0.717, 1.165) is 0 Å². The average molecular weight is 255 g/mol. The van der Waals surface area contributed by atoms with Gasteiger partial charge in [-0.05, 0) is 18.1 Å². The van der Waals surface area contributed by atoms with Gasteiger partial charge in [0.15, 0.2) is 6.39 Å². The Balaban J connectivity index is 2.27. The van der Waals surface area contributed by atoms with Gasteiger partial charge in [0.25, 0.3) is 5.91 Å². The summed E-state index contributed by atoms with van der Waals surface area (Å²) in [5, 5.41) is 11.6. The maximum Gasteiger partial charge on any atom is 0.293 e. The number of carbonyl (C=O) groups excluding carboxylic acids is 1. The molecule has 1 N–H and O–H groups in total. The van der Waals surface area contributed by atoms with E-state index in [9.17, 15) is 4.79 Å². The number of hydrogen-bond acceptors (Lipinski definition) is 4. The van der Waals surface area contributed by atoms with Gasteiger partial charge in [-0.2, -0.15) is 5.26 Å². The summed E-state index contributed by atoms with van der Waals surface area (Å²) in [5.41, 5.74) is 1.47. The Morgan fingerprint density at radius 2 is 2.16 bits per heavy atom. The van der Waals surface area contributed by atoms with Crippen LogP contribution in [0.3, 0.4) is 0 Å². The number of aromatic nitrogens is 1. The summed E-state index contributed by atoms with van der Waals surface area (Å²) in [7, 11) is 0. The molecule has 0 aliphatic rings. The first-order valence-electron chi connectivity index (χ1n) is 5.87. The average Bonchev–Trinajstić information content (AvgIpc) is 2.88. The topological polar surface area (TPSA) is 78.9 Å². The van der Waals surface area contributed by atoms with Crippen LogP contribution in [0.1, 0.15) is 41.6 Å². The number of nitrogens with zero attached hydrogens (tertiary/aromatic N) is 2. The van der Waals surface area contributed by atoms with Gasteiger partial charge < -0.3 is 9.73 Å². The third-order valence-corrected chi connectivity index (χ3v) is 2.64. The van der Waals surface area contributed by atoms with E-state index in [0.29, 0.717) is 16.9 Å². The highest BCUT2D eigenvalue weighted by Crippen LogP contribution is 2.20. The Morgan fingerprint density at radius 3 is 2.84 bits per heavy atom. The van der Waals surface area contributed by atoms with E-state index in [-0.39, 0.29) is 11.7 Å². The Morgan fingerprint density at radius 1 is 1.42 bits per heavy atom. The first-order valence-corrected chi connectivity index (χ1v) is 5.87. The number of nitriles is 1. The standard InChI is InChI=1S/C14H13N3O2/c1-9(2)12-13(19-8-16-12)14(18)17-11-6-4-3-5-10(11)7-15/h3-6,8-9H,1-2H3,(H,17,18). The fourth-order valence-electron chi connectivity index (χ4n) is 1.70. The second-order valence-electron chi connectivity index (χ2n) is 4.33.